The Morgan fingerprint density at radius 2 is 2.00 bits per heavy atom. The fourth-order valence-electron chi connectivity index (χ4n) is 3.07. The monoisotopic (exact) mass is 211 g/mol. The van der Waals surface area contributed by atoms with Crippen molar-refractivity contribution in [3.63, 3.8) is 0 Å². The van der Waals surface area contributed by atoms with E-state index in [2.05, 4.69) is 26.1 Å². The SMILES string of the molecule is CC1CCCC1NC1CCOC(C)(C)C1. The lowest BCUT2D eigenvalue weighted by Crippen LogP contribution is -2.48. The van der Waals surface area contributed by atoms with Crippen molar-refractivity contribution in [1.82, 2.24) is 5.32 Å². The van der Waals surface area contributed by atoms with Gasteiger partial charge in [-0.3, -0.25) is 0 Å². The van der Waals surface area contributed by atoms with Gasteiger partial charge in [-0.05, 0) is 45.4 Å². The molecule has 3 atom stereocenters. The van der Waals surface area contributed by atoms with Gasteiger partial charge in [-0.2, -0.15) is 0 Å². The third kappa shape index (κ3) is 2.94. The van der Waals surface area contributed by atoms with Crippen LogP contribution in [0.3, 0.4) is 0 Å². The molecule has 1 heterocycles. The lowest BCUT2D eigenvalue weighted by molar-refractivity contribution is -0.0645. The van der Waals surface area contributed by atoms with E-state index in [1.54, 1.807) is 0 Å². The maximum Gasteiger partial charge on any atom is 0.0641 e. The highest BCUT2D eigenvalue weighted by Gasteiger charge is 2.32. The van der Waals surface area contributed by atoms with Crippen LogP contribution < -0.4 is 5.32 Å². The quantitative estimate of drug-likeness (QED) is 0.758. The summed E-state index contributed by atoms with van der Waals surface area (Å²) in [5, 5.41) is 3.84. The van der Waals surface area contributed by atoms with E-state index >= 15 is 0 Å². The van der Waals surface area contributed by atoms with Crippen LogP contribution in [0.25, 0.3) is 0 Å². The third-order valence-electron chi connectivity index (χ3n) is 4.01. The molecule has 0 aromatic carbocycles. The van der Waals surface area contributed by atoms with Crippen LogP contribution in [0.4, 0.5) is 0 Å². The van der Waals surface area contributed by atoms with E-state index in [4.69, 9.17) is 4.74 Å². The maximum absolute atomic E-state index is 5.75. The molecule has 1 N–H and O–H groups in total. The average molecular weight is 211 g/mol. The first-order chi connectivity index (χ1) is 7.07. The van der Waals surface area contributed by atoms with E-state index in [9.17, 15) is 0 Å². The summed E-state index contributed by atoms with van der Waals surface area (Å²) in [4.78, 5) is 0. The van der Waals surface area contributed by atoms with Crippen LogP contribution >= 0.6 is 0 Å². The van der Waals surface area contributed by atoms with Crippen molar-refractivity contribution in [2.75, 3.05) is 6.61 Å². The number of ether oxygens (including phenoxy) is 1. The summed E-state index contributed by atoms with van der Waals surface area (Å²) < 4.78 is 5.75. The van der Waals surface area contributed by atoms with E-state index in [0.717, 1.165) is 25.0 Å². The molecule has 2 rings (SSSR count). The lowest BCUT2D eigenvalue weighted by Gasteiger charge is -2.37. The van der Waals surface area contributed by atoms with Crippen LogP contribution in [-0.4, -0.2) is 24.3 Å². The highest BCUT2D eigenvalue weighted by Crippen LogP contribution is 2.29. The summed E-state index contributed by atoms with van der Waals surface area (Å²) in [5.41, 5.74) is 0.0811. The molecule has 2 heteroatoms. The Labute approximate surface area is 93.8 Å². The van der Waals surface area contributed by atoms with Gasteiger partial charge in [-0.15, -0.1) is 0 Å². The average Bonchev–Trinajstić information content (AvgIpc) is 2.50. The van der Waals surface area contributed by atoms with Crippen molar-refractivity contribution in [2.24, 2.45) is 5.92 Å². The van der Waals surface area contributed by atoms with Crippen molar-refractivity contribution in [3.8, 4) is 0 Å². The topological polar surface area (TPSA) is 21.3 Å². The lowest BCUT2D eigenvalue weighted by atomic mass is 9.92. The Morgan fingerprint density at radius 1 is 1.20 bits per heavy atom. The number of rotatable bonds is 2. The third-order valence-corrected chi connectivity index (χ3v) is 4.01. The molecule has 3 unspecified atom stereocenters. The second kappa shape index (κ2) is 4.42. The van der Waals surface area contributed by atoms with E-state index in [1.165, 1.54) is 25.7 Å². The molecule has 1 saturated heterocycles. The summed E-state index contributed by atoms with van der Waals surface area (Å²) in [6, 6.07) is 1.45. The minimum absolute atomic E-state index is 0.0811. The van der Waals surface area contributed by atoms with Gasteiger partial charge in [-0.1, -0.05) is 13.3 Å². The molecule has 0 spiro atoms. The summed E-state index contributed by atoms with van der Waals surface area (Å²) >= 11 is 0. The van der Waals surface area contributed by atoms with Crippen molar-refractivity contribution in [3.05, 3.63) is 0 Å². The largest absolute Gasteiger partial charge is 0.375 e. The van der Waals surface area contributed by atoms with Gasteiger partial charge in [0.15, 0.2) is 0 Å². The minimum Gasteiger partial charge on any atom is -0.375 e. The molecule has 0 aromatic rings. The van der Waals surface area contributed by atoms with Gasteiger partial charge in [0.25, 0.3) is 0 Å². The Morgan fingerprint density at radius 3 is 2.60 bits per heavy atom. The first-order valence-corrected chi connectivity index (χ1v) is 6.47. The molecule has 0 aromatic heterocycles. The van der Waals surface area contributed by atoms with E-state index in [0.29, 0.717) is 6.04 Å². The molecule has 1 saturated carbocycles. The maximum atomic E-state index is 5.75. The van der Waals surface area contributed by atoms with Gasteiger partial charge in [0.05, 0.1) is 5.60 Å². The predicted molar refractivity (Wildman–Crippen MR) is 63.0 cm³/mol. The van der Waals surface area contributed by atoms with Crippen LogP contribution in [0.2, 0.25) is 0 Å². The molecular weight excluding hydrogens is 186 g/mol. The Kier molecular flexibility index (Phi) is 3.36. The second-order valence-electron chi connectivity index (χ2n) is 5.98. The first kappa shape index (κ1) is 11.4. The molecule has 0 amide bonds. The van der Waals surface area contributed by atoms with E-state index in [1.807, 2.05) is 0 Å². The fraction of sp³-hybridized carbons (Fsp3) is 1.00. The molecule has 2 nitrogen and oxygen atoms in total. The zero-order chi connectivity index (χ0) is 10.9. The molecule has 0 radical (unpaired) electrons. The highest BCUT2D eigenvalue weighted by atomic mass is 16.5. The van der Waals surface area contributed by atoms with Gasteiger partial charge >= 0.3 is 0 Å². The van der Waals surface area contributed by atoms with Crippen molar-refractivity contribution in [1.29, 1.82) is 0 Å². The van der Waals surface area contributed by atoms with Crippen LogP contribution in [0.1, 0.15) is 52.9 Å². The number of hydrogen-bond acceptors (Lipinski definition) is 2. The standard InChI is InChI=1S/C13H25NO/c1-10-5-4-6-12(10)14-11-7-8-15-13(2,3)9-11/h10-12,14H,4-9H2,1-3H3. The molecule has 2 aliphatic rings. The van der Waals surface area contributed by atoms with Crippen molar-refractivity contribution >= 4 is 0 Å². The summed E-state index contributed by atoms with van der Waals surface area (Å²) in [5.74, 6) is 0.871. The smallest absolute Gasteiger partial charge is 0.0641 e. The Hall–Kier alpha value is -0.0800. The zero-order valence-corrected chi connectivity index (χ0v) is 10.4. The van der Waals surface area contributed by atoms with Gasteiger partial charge in [0.2, 0.25) is 0 Å². The first-order valence-electron chi connectivity index (χ1n) is 6.47. The molecule has 88 valence electrons. The second-order valence-corrected chi connectivity index (χ2v) is 5.98. The van der Waals surface area contributed by atoms with Gasteiger partial charge < -0.3 is 10.1 Å². The number of nitrogens with one attached hydrogen (secondary N) is 1. The minimum atomic E-state index is 0.0811. The van der Waals surface area contributed by atoms with Crippen LogP contribution in [0.5, 0.6) is 0 Å². The van der Waals surface area contributed by atoms with Gasteiger partial charge in [-0.25, -0.2) is 0 Å². The fourth-order valence-corrected chi connectivity index (χ4v) is 3.07. The molecule has 1 aliphatic carbocycles. The summed E-state index contributed by atoms with van der Waals surface area (Å²) in [6.45, 7) is 7.72. The molecule has 2 fully saturated rings. The Balaban J connectivity index is 1.83. The van der Waals surface area contributed by atoms with Gasteiger partial charge in [0, 0.05) is 18.7 Å². The molecule has 15 heavy (non-hydrogen) atoms. The van der Waals surface area contributed by atoms with Crippen LogP contribution in [0.15, 0.2) is 0 Å². The summed E-state index contributed by atoms with van der Waals surface area (Å²) in [6.07, 6.45) is 6.54. The number of hydrogen-bond donors (Lipinski definition) is 1. The van der Waals surface area contributed by atoms with Crippen LogP contribution in [-0.2, 0) is 4.74 Å². The van der Waals surface area contributed by atoms with E-state index in [-0.39, 0.29) is 5.60 Å². The van der Waals surface area contributed by atoms with Crippen LogP contribution in [0, 0.1) is 5.92 Å². The summed E-state index contributed by atoms with van der Waals surface area (Å²) in [7, 11) is 0. The van der Waals surface area contributed by atoms with E-state index < -0.39 is 0 Å². The Bertz CT molecular complexity index is 215. The molecule has 0 bridgehead atoms. The predicted octanol–water partition coefficient (Wildman–Crippen LogP) is 2.72. The van der Waals surface area contributed by atoms with Crippen molar-refractivity contribution in [2.45, 2.75) is 70.6 Å². The highest BCUT2D eigenvalue weighted by molar-refractivity contribution is 4.88. The molecular formula is C13H25NO. The molecule has 1 aliphatic heterocycles. The van der Waals surface area contributed by atoms with Crippen molar-refractivity contribution < 1.29 is 4.74 Å². The normalized spacial score (nSPS) is 40.6. The zero-order valence-electron chi connectivity index (χ0n) is 10.4. The van der Waals surface area contributed by atoms with Gasteiger partial charge in [0.1, 0.15) is 0 Å².